The second-order valence-electron chi connectivity index (χ2n) is 7.56. The smallest absolute Gasteiger partial charge is 0.321 e. The minimum atomic E-state index is -0.0212. The van der Waals surface area contributed by atoms with Crippen LogP contribution in [-0.4, -0.2) is 35.7 Å². The Morgan fingerprint density at radius 3 is 2.30 bits per heavy atom. The molecule has 142 valence electrons. The molecule has 0 spiro atoms. The van der Waals surface area contributed by atoms with Crippen LogP contribution in [0.25, 0.3) is 0 Å². The Morgan fingerprint density at radius 2 is 1.67 bits per heavy atom. The maximum atomic E-state index is 12.5. The van der Waals surface area contributed by atoms with Crippen LogP contribution in [0.3, 0.4) is 0 Å². The van der Waals surface area contributed by atoms with Gasteiger partial charge in [-0.1, -0.05) is 12.1 Å². The minimum absolute atomic E-state index is 0.0212. The Morgan fingerprint density at radius 1 is 1.00 bits per heavy atom. The van der Waals surface area contributed by atoms with E-state index >= 15 is 0 Å². The van der Waals surface area contributed by atoms with E-state index in [0.29, 0.717) is 12.5 Å². The first-order valence-corrected chi connectivity index (χ1v) is 9.75. The third kappa shape index (κ3) is 4.73. The molecule has 5 heteroatoms. The molecule has 2 aromatic rings. The van der Waals surface area contributed by atoms with Crippen molar-refractivity contribution in [1.29, 1.82) is 0 Å². The number of piperidine rings is 1. The van der Waals surface area contributed by atoms with Crippen molar-refractivity contribution in [2.75, 3.05) is 25.0 Å². The zero-order chi connectivity index (χ0) is 18.6. The number of benzene rings is 2. The molecule has 27 heavy (non-hydrogen) atoms. The first kappa shape index (κ1) is 17.7. The van der Waals surface area contributed by atoms with Gasteiger partial charge >= 0.3 is 6.03 Å². The van der Waals surface area contributed by atoms with E-state index in [-0.39, 0.29) is 11.8 Å². The molecular formula is C22H26N2O3. The summed E-state index contributed by atoms with van der Waals surface area (Å²) >= 11 is 0. The van der Waals surface area contributed by atoms with Crippen molar-refractivity contribution in [3.05, 3.63) is 54.1 Å². The van der Waals surface area contributed by atoms with E-state index in [1.807, 2.05) is 17.0 Å². The highest BCUT2D eigenvalue weighted by atomic mass is 16.5. The highest BCUT2D eigenvalue weighted by molar-refractivity contribution is 5.89. The molecule has 2 aromatic carbocycles. The van der Waals surface area contributed by atoms with Crippen molar-refractivity contribution in [3.63, 3.8) is 0 Å². The highest BCUT2D eigenvalue weighted by Crippen LogP contribution is 2.40. The minimum Gasteiger partial charge on any atom is -0.508 e. The van der Waals surface area contributed by atoms with Crippen LogP contribution in [0, 0.1) is 5.92 Å². The largest absolute Gasteiger partial charge is 0.508 e. The van der Waals surface area contributed by atoms with Crippen LogP contribution >= 0.6 is 0 Å². The summed E-state index contributed by atoms with van der Waals surface area (Å²) in [4.78, 5) is 14.4. The molecule has 4 rings (SSSR count). The van der Waals surface area contributed by atoms with Crippen molar-refractivity contribution < 1.29 is 14.6 Å². The van der Waals surface area contributed by atoms with Gasteiger partial charge in [0, 0.05) is 18.8 Å². The van der Waals surface area contributed by atoms with E-state index in [1.165, 1.54) is 18.4 Å². The lowest BCUT2D eigenvalue weighted by atomic mass is 9.98. The fraction of sp³-hybridized carbons (Fsp3) is 0.409. The number of hydrogen-bond donors (Lipinski definition) is 2. The van der Waals surface area contributed by atoms with Crippen molar-refractivity contribution in [2.45, 2.75) is 31.6 Å². The number of anilines is 1. The van der Waals surface area contributed by atoms with Gasteiger partial charge < -0.3 is 20.1 Å². The molecule has 1 heterocycles. The molecule has 2 amide bonds. The van der Waals surface area contributed by atoms with Crippen LogP contribution in [0.2, 0.25) is 0 Å². The van der Waals surface area contributed by atoms with Crippen LogP contribution < -0.4 is 10.1 Å². The summed E-state index contributed by atoms with van der Waals surface area (Å²) in [5, 5.41) is 12.3. The van der Waals surface area contributed by atoms with Gasteiger partial charge in [-0.2, -0.15) is 0 Å². The zero-order valence-electron chi connectivity index (χ0n) is 15.4. The molecule has 1 saturated carbocycles. The van der Waals surface area contributed by atoms with E-state index < -0.39 is 0 Å². The molecule has 0 unspecified atom stereocenters. The van der Waals surface area contributed by atoms with Gasteiger partial charge in [-0.3, -0.25) is 0 Å². The maximum absolute atomic E-state index is 12.5. The number of rotatable bonds is 5. The lowest BCUT2D eigenvalue weighted by Crippen LogP contribution is -2.42. The summed E-state index contributed by atoms with van der Waals surface area (Å²) in [5.41, 5.74) is 2.24. The van der Waals surface area contributed by atoms with Gasteiger partial charge in [0.15, 0.2) is 0 Å². The molecule has 2 aliphatic rings. The normalized spacial score (nSPS) is 17.6. The molecular weight excluding hydrogens is 340 g/mol. The van der Waals surface area contributed by atoms with Gasteiger partial charge in [-0.15, -0.1) is 0 Å². The second kappa shape index (κ2) is 7.91. The fourth-order valence-electron chi connectivity index (χ4n) is 3.52. The predicted molar refractivity (Wildman–Crippen MR) is 105 cm³/mol. The lowest BCUT2D eigenvalue weighted by Gasteiger charge is -2.32. The monoisotopic (exact) mass is 366 g/mol. The second-order valence-corrected chi connectivity index (χ2v) is 7.56. The lowest BCUT2D eigenvalue weighted by molar-refractivity contribution is 0.152. The fourth-order valence-corrected chi connectivity index (χ4v) is 3.52. The molecule has 0 radical (unpaired) electrons. The average Bonchev–Trinajstić information content (AvgIpc) is 3.54. The number of ether oxygens (including phenoxy) is 1. The number of urea groups is 1. The van der Waals surface area contributed by atoms with E-state index in [2.05, 4.69) is 17.4 Å². The molecule has 0 bridgehead atoms. The Labute approximate surface area is 160 Å². The summed E-state index contributed by atoms with van der Waals surface area (Å²) in [6.45, 7) is 2.13. The molecule has 2 N–H and O–H groups in total. The number of nitrogens with one attached hydrogen (secondary N) is 1. The Balaban J connectivity index is 1.21. The predicted octanol–water partition coefficient (Wildman–Crippen LogP) is 4.59. The number of likely N-dealkylation sites (tertiary alicyclic amines) is 1. The molecule has 5 nitrogen and oxygen atoms in total. The van der Waals surface area contributed by atoms with Crippen molar-refractivity contribution in [2.24, 2.45) is 5.92 Å². The van der Waals surface area contributed by atoms with Gasteiger partial charge in [0.05, 0.1) is 6.61 Å². The number of carbonyl (C=O) groups is 1. The number of phenols is 1. The number of amides is 2. The topological polar surface area (TPSA) is 61.8 Å². The van der Waals surface area contributed by atoms with E-state index in [4.69, 9.17) is 4.74 Å². The van der Waals surface area contributed by atoms with Gasteiger partial charge in [0.2, 0.25) is 0 Å². The molecule has 2 fully saturated rings. The summed E-state index contributed by atoms with van der Waals surface area (Å²) in [5.74, 6) is 2.18. The third-order valence-corrected chi connectivity index (χ3v) is 5.43. The Kier molecular flexibility index (Phi) is 5.19. The summed E-state index contributed by atoms with van der Waals surface area (Å²) < 4.78 is 5.80. The average molecular weight is 366 g/mol. The summed E-state index contributed by atoms with van der Waals surface area (Å²) in [6, 6.07) is 15.0. The van der Waals surface area contributed by atoms with Crippen LogP contribution in [0.4, 0.5) is 10.5 Å². The van der Waals surface area contributed by atoms with Crippen molar-refractivity contribution >= 4 is 11.7 Å². The molecule has 1 aliphatic heterocycles. The highest BCUT2D eigenvalue weighted by Gasteiger charge is 2.24. The number of carbonyl (C=O) groups excluding carboxylic acids is 1. The first-order chi connectivity index (χ1) is 13.2. The Bertz CT molecular complexity index is 761. The van der Waals surface area contributed by atoms with E-state index in [9.17, 15) is 9.90 Å². The quantitative estimate of drug-likeness (QED) is 0.813. The molecule has 0 aromatic heterocycles. The molecule has 0 atom stereocenters. The van der Waals surface area contributed by atoms with Crippen LogP contribution in [0.15, 0.2) is 48.5 Å². The zero-order valence-corrected chi connectivity index (χ0v) is 15.4. The van der Waals surface area contributed by atoms with Crippen LogP contribution in [0.1, 0.15) is 37.2 Å². The van der Waals surface area contributed by atoms with Gasteiger partial charge in [-0.05, 0) is 79.5 Å². The maximum Gasteiger partial charge on any atom is 0.321 e. The Hall–Kier alpha value is -2.69. The number of hydrogen-bond acceptors (Lipinski definition) is 3. The SMILES string of the molecule is O=C(Nc1ccc(C2CC2)cc1)N1CCC(COc2ccc(O)cc2)CC1. The number of phenolic OH excluding ortho intramolecular Hbond substituents is 1. The van der Waals surface area contributed by atoms with E-state index in [0.717, 1.165) is 43.3 Å². The van der Waals surface area contributed by atoms with Gasteiger partial charge in [-0.25, -0.2) is 4.79 Å². The standard InChI is InChI=1S/C22H26N2O3/c25-20-7-9-21(10-8-20)27-15-16-11-13-24(14-12-16)22(26)23-19-5-3-18(4-6-19)17-1-2-17/h3-10,16-17,25H,1-2,11-15H2,(H,23,26). The first-order valence-electron chi connectivity index (χ1n) is 9.75. The summed E-state index contributed by atoms with van der Waals surface area (Å²) in [7, 11) is 0. The number of aromatic hydroxyl groups is 1. The van der Waals surface area contributed by atoms with Crippen molar-refractivity contribution in [1.82, 2.24) is 4.90 Å². The summed E-state index contributed by atoms with van der Waals surface area (Å²) in [6.07, 6.45) is 4.45. The molecule has 1 aliphatic carbocycles. The third-order valence-electron chi connectivity index (χ3n) is 5.43. The van der Waals surface area contributed by atoms with Gasteiger partial charge in [0.25, 0.3) is 0 Å². The number of nitrogens with zero attached hydrogens (tertiary/aromatic N) is 1. The van der Waals surface area contributed by atoms with Gasteiger partial charge in [0.1, 0.15) is 11.5 Å². The van der Waals surface area contributed by atoms with Crippen LogP contribution in [0.5, 0.6) is 11.5 Å². The van der Waals surface area contributed by atoms with Crippen molar-refractivity contribution in [3.8, 4) is 11.5 Å². The molecule has 1 saturated heterocycles. The van der Waals surface area contributed by atoms with Crippen LogP contribution in [-0.2, 0) is 0 Å². The van der Waals surface area contributed by atoms with E-state index in [1.54, 1.807) is 24.3 Å².